The number of piperazine rings is 1. The maximum atomic E-state index is 13.4. The highest BCUT2D eigenvalue weighted by molar-refractivity contribution is 7.91. The van der Waals surface area contributed by atoms with Crippen LogP contribution < -0.4 is 0 Å². The first-order valence-corrected chi connectivity index (χ1v) is 12.0. The second-order valence-corrected chi connectivity index (χ2v) is 10.3. The van der Waals surface area contributed by atoms with Gasteiger partial charge in [-0.1, -0.05) is 37.3 Å². The van der Waals surface area contributed by atoms with E-state index < -0.39 is 16.1 Å². The first-order chi connectivity index (χ1) is 13.5. The van der Waals surface area contributed by atoms with Crippen molar-refractivity contribution < 1.29 is 13.2 Å². The van der Waals surface area contributed by atoms with E-state index in [9.17, 15) is 13.2 Å². The maximum absolute atomic E-state index is 13.4. The number of thiophene rings is 1. The van der Waals surface area contributed by atoms with Gasteiger partial charge in [0, 0.05) is 32.7 Å². The summed E-state index contributed by atoms with van der Waals surface area (Å²) in [7, 11) is -3.72. The minimum absolute atomic E-state index is 0.0783. The Labute approximate surface area is 170 Å². The van der Waals surface area contributed by atoms with Crippen LogP contribution in [-0.4, -0.2) is 67.2 Å². The summed E-state index contributed by atoms with van der Waals surface area (Å²) in [4.78, 5) is 17.5. The lowest BCUT2D eigenvalue weighted by Crippen LogP contribution is -2.57. The van der Waals surface area contributed by atoms with Crippen LogP contribution in [0.15, 0.2) is 46.0 Å². The van der Waals surface area contributed by atoms with Crippen molar-refractivity contribution in [1.29, 1.82) is 0 Å². The molecule has 3 heterocycles. The van der Waals surface area contributed by atoms with Gasteiger partial charge in [-0.25, -0.2) is 8.42 Å². The minimum Gasteiger partial charge on any atom is -0.339 e. The Morgan fingerprint density at radius 3 is 2.43 bits per heavy atom. The number of nitrogens with zero attached hydrogens (tertiary/aromatic N) is 3. The molecule has 1 aromatic heterocycles. The van der Waals surface area contributed by atoms with Crippen LogP contribution in [0.1, 0.15) is 18.1 Å². The Bertz CT molecular complexity index is 935. The Balaban J connectivity index is 1.65. The van der Waals surface area contributed by atoms with Crippen molar-refractivity contribution in [3.8, 4) is 0 Å². The molecule has 1 aromatic carbocycles. The zero-order valence-electron chi connectivity index (χ0n) is 16.0. The van der Waals surface area contributed by atoms with Gasteiger partial charge < -0.3 is 9.80 Å². The van der Waals surface area contributed by atoms with Gasteiger partial charge in [-0.05, 0) is 35.5 Å². The molecule has 1 amide bonds. The number of hydrogen-bond acceptors (Lipinski definition) is 5. The minimum atomic E-state index is -3.72. The van der Waals surface area contributed by atoms with Gasteiger partial charge in [-0.2, -0.15) is 4.31 Å². The molecule has 0 radical (unpaired) electrons. The summed E-state index contributed by atoms with van der Waals surface area (Å²) in [5.74, 6) is -0.0783. The fourth-order valence-electron chi connectivity index (χ4n) is 3.98. The van der Waals surface area contributed by atoms with Gasteiger partial charge in [-0.15, -0.1) is 11.3 Å². The molecule has 2 aliphatic heterocycles. The van der Waals surface area contributed by atoms with E-state index in [1.165, 1.54) is 15.6 Å². The first-order valence-electron chi connectivity index (χ1n) is 9.64. The quantitative estimate of drug-likeness (QED) is 0.761. The summed E-state index contributed by atoms with van der Waals surface area (Å²) in [5.41, 5.74) is 2.04. The number of carbonyl (C=O) groups excluding carboxylic acids is 1. The van der Waals surface area contributed by atoms with Gasteiger partial charge in [0.2, 0.25) is 5.91 Å². The van der Waals surface area contributed by atoms with Crippen LogP contribution in [0.5, 0.6) is 0 Å². The molecule has 0 aliphatic carbocycles. The monoisotopic (exact) mass is 419 g/mol. The van der Waals surface area contributed by atoms with Crippen molar-refractivity contribution in [2.75, 3.05) is 32.7 Å². The second-order valence-electron chi connectivity index (χ2n) is 7.23. The van der Waals surface area contributed by atoms with Crippen LogP contribution in [0.2, 0.25) is 0 Å². The van der Waals surface area contributed by atoms with Crippen molar-refractivity contribution in [1.82, 2.24) is 14.1 Å². The van der Waals surface area contributed by atoms with Crippen molar-refractivity contribution in [3.05, 3.63) is 52.9 Å². The molecule has 0 bridgehead atoms. The van der Waals surface area contributed by atoms with Crippen molar-refractivity contribution in [2.45, 2.75) is 30.1 Å². The molecule has 28 heavy (non-hydrogen) atoms. The number of fused-ring (bicyclic) bond motifs is 1. The molecule has 0 saturated carbocycles. The number of hydrogen-bond donors (Lipinski definition) is 0. The molecule has 6 nitrogen and oxygen atoms in total. The lowest BCUT2D eigenvalue weighted by atomic mass is 9.95. The van der Waals surface area contributed by atoms with E-state index in [-0.39, 0.29) is 12.5 Å². The lowest BCUT2D eigenvalue weighted by Gasteiger charge is -2.40. The third kappa shape index (κ3) is 3.61. The Morgan fingerprint density at radius 2 is 1.79 bits per heavy atom. The topological polar surface area (TPSA) is 60.9 Å². The number of amides is 1. The Hall–Kier alpha value is -1.74. The van der Waals surface area contributed by atoms with Crippen LogP contribution in [0.4, 0.5) is 0 Å². The van der Waals surface area contributed by atoms with E-state index in [1.54, 1.807) is 17.5 Å². The molecule has 1 fully saturated rings. The van der Waals surface area contributed by atoms with Crippen LogP contribution in [-0.2, 0) is 27.8 Å². The Morgan fingerprint density at radius 1 is 1.07 bits per heavy atom. The highest BCUT2D eigenvalue weighted by atomic mass is 32.2. The average Bonchev–Trinajstić information content (AvgIpc) is 3.28. The Kier molecular flexibility index (Phi) is 5.55. The van der Waals surface area contributed by atoms with Crippen molar-refractivity contribution in [3.63, 3.8) is 0 Å². The number of benzene rings is 1. The van der Waals surface area contributed by atoms with Gasteiger partial charge in [-0.3, -0.25) is 4.79 Å². The van der Waals surface area contributed by atoms with Gasteiger partial charge in [0.1, 0.15) is 10.3 Å². The van der Waals surface area contributed by atoms with Crippen LogP contribution in [0.3, 0.4) is 0 Å². The molecule has 2 aliphatic rings. The second kappa shape index (κ2) is 7.94. The predicted octanol–water partition coefficient (Wildman–Crippen LogP) is 2.03. The fourth-order valence-corrected chi connectivity index (χ4v) is 6.66. The normalized spacial score (nSPS) is 21.5. The van der Waals surface area contributed by atoms with E-state index in [4.69, 9.17) is 0 Å². The molecule has 2 aromatic rings. The van der Waals surface area contributed by atoms with E-state index in [0.717, 1.165) is 30.8 Å². The zero-order chi connectivity index (χ0) is 19.7. The fraction of sp³-hybridized carbons (Fsp3) is 0.450. The summed E-state index contributed by atoms with van der Waals surface area (Å²) in [5, 5.41) is 1.76. The van der Waals surface area contributed by atoms with Gasteiger partial charge >= 0.3 is 0 Å². The maximum Gasteiger partial charge on any atom is 0.253 e. The molecule has 8 heteroatoms. The molecule has 0 spiro atoms. The van der Waals surface area contributed by atoms with Crippen LogP contribution in [0, 0.1) is 0 Å². The van der Waals surface area contributed by atoms with Crippen LogP contribution >= 0.6 is 11.3 Å². The molecule has 1 saturated heterocycles. The van der Waals surface area contributed by atoms with Crippen molar-refractivity contribution >= 4 is 27.3 Å². The SMILES string of the molecule is CCN1CCN(C(=O)[C@H]2Cc3ccccc3CN2S(=O)(=O)c2cccs2)CC1. The van der Waals surface area contributed by atoms with Gasteiger partial charge in [0.25, 0.3) is 10.0 Å². The van der Waals surface area contributed by atoms with Gasteiger partial charge in [0.15, 0.2) is 0 Å². The average molecular weight is 420 g/mol. The van der Waals surface area contributed by atoms with E-state index in [0.29, 0.717) is 23.7 Å². The molecule has 0 unspecified atom stereocenters. The number of sulfonamides is 1. The van der Waals surface area contributed by atoms with E-state index in [1.807, 2.05) is 29.2 Å². The third-order valence-corrected chi connectivity index (χ3v) is 8.91. The lowest BCUT2D eigenvalue weighted by molar-refractivity contribution is -0.137. The number of likely N-dealkylation sites (N-methyl/N-ethyl adjacent to an activating group) is 1. The highest BCUT2D eigenvalue weighted by Crippen LogP contribution is 2.31. The summed E-state index contributed by atoms with van der Waals surface area (Å²) >= 11 is 1.20. The third-order valence-electron chi connectivity index (χ3n) is 5.68. The smallest absolute Gasteiger partial charge is 0.253 e. The molecular weight excluding hydrogens is 394 g/mol. The van der Waals surface area contributed by atoms with Crippen LogP contribution in [0.25, 0.3) is 0 Å². The standard InChI is InChI=1S/C20H25N3O3S2/c1-2-21-9-11-22(12-10-21)20(24)18-14-16-6-3-4-7-17(16)15-23(18)28(25,26)19-8-5-13-27-19/h3-8,13,18H,2,9-12,14-15H2,1H3/t18-/m1/s1. The largest absolute Gasteiger partial charge is 0.339 e. The van der Waals surface area contributed by atoms with E-state index >= 15 is 0 Å². The zero-order valence-corrected chi connectivity index (χ0v) is 17.6. The summed E-state index contributed by atoms with van der Waals surface area (Å²) in [6, 6.07) is 10.5. The highest BCUT2D eigenvalue weighted by Gasteiger charge is 2.41. The predicted molar refractivity (Wildman–Crippen MR) is 110 cm³/mol. The molecule has 1 atom stereocenters. The molecule has 4 rings (SSSR count). The van der Waals surface area contributed by atoms with E-state index in [2.05, 4.69) is 11.8 Å². The summed E-state index contributed by atoms with van der Waals surface area (Å²) in [6.45, 7) is 6.30. The summed E-state index contributed by atoms with van der Waals surface area (Å²) < 4.78 is 28.3. The summed E-state index contributed by atoms with van der Waals surface area (Å²) in [6.07, 6.45) is 0.424. The first kappa shape index (κ1) is 19.6. The number of rotatable bonds is 4. The molecular formula is C20H25N3O3S2. The van der Waals surface area contributed by atoms with Gasteiger partial charge in [0.05, 0.1) is 0 Å². The molecule has 0 N–H and O–H groups in total. The molecule has 150 valence electrons. The number of carbonyl (C=O) groups is 1. The van der Waals surface area contributed by atoms with Crippen molar-refractivity contribution in [2.24, 2.45) is 0 Å².